The third kappa shape index (κ3) is 3.30. The summed E-state index contributed by atoms with van der Waals surface area (Å²) in [4.78, 5) is 10.4. The van der Waals surface area contributed by atoms with Crippen LogP contribution in [0.25, 0.3) is 0 Å². The predicted octanol–water partition coefficient (Wildman–Crippen LogP) is 2.06. The van der Waals surface area contributed by atoms with Crippen molar-refractivity contribution in [3.05, 3.63) is 35.4 Å². The SMILES string of the molecule is CC(CO)CCc1ccc(C=O)cc1. The number of rotatable bonds is 5. The average molecular weight is 192 g/mol. The summed E-state index contributed by atoms with van der Waals surface area (Å²) >= 11 is 0. The van der Waals surface area contributed by atoms with Crippen LogP contribution >= 0.6 is 0 Å². The van der Waals surface area contributed by atoms with E-state index in [2.05, 4.69) is 0 Å². The minimum Gasteiger partial charge on any atom is -0.396 e. The quantitative estimate of drug-likeness (QED) is 0.725. The van der Waals surface area contributed by atoms with Gasteiger partial charge in [-0.3, -0.25) is 4.79 Å². The summed E-state index contributed by atoms with van der Waals surface area (Å²) < 4.78 is 0. The highest BCUT2D eigenvalue weighted by Gasteiger charge is 2.00. The van der Waals surface area contributed by atoms with Crippen molar-refractivity contribution in [1.82, 2.24) is 0 Å². The second-order valence-corrected chi connectivity index (χ2v) is 3.69. The van der Waals surface area contributed by atoms with E-state index < -0.39 is 0 Å². The lowest BCUT2D eigenvalue weighted by atomic mass is 10.0. The lowest BCUT2D eigenvalue weighted by Crippen LogP contribution is -2.02. The third-order valence-corrected chi connectivity index (χ3v) is 2.35. The van der Waals surface area contributed by atoms with E-state index in [-0.39, 0.29) is 6.61 Å². The molecule has 0 spiro atoms. The number of aldehydes is 1. The number of aliphatic hydroxyl groups is 1. The highest BCUT2D eigenvalue weighted by atomic mass is 16.3. The largest absolute Gasteiger partial charge is 0.396 e. The van der Waals surface area contributed by atoms with Gasteiger partial charge in [0.2, 0.25) is 0 Å². The van der Waals surface area contributed by atoms with Crippen LogP contribution in [0.1, 0.15) is 29.3 Å². The Labute approximate surface area is 84.6 Å². The highest BCUT2D eigenvalue weighted by Crippen LogP contribution is 2.09. The number of carbonyl (C=O) groups is 1. The monoisotopic (exact) mass is 192 g/mol. The molecule has 1 unspecified atom stereocenters. The molecule has 1 atom stereocenters. The van der Waals surface area contributed by atoms with Gasteiger partial charge in [-0.15, -0.1) is 0 Å². The molecule has 1 aromatic rings. The first kappa shape index (κ1) is 10.9. The maximum atomic E-state index is 10.4. The van der Waals surface area contributed by atoms with E-state index in [1.807, 2.05) is 31.2 Å². The maximum Gasteiger partial charge on any atom is 0.150 e. The average Bonchev–Trinajstić information content (AvgIpc) is 2.26. The van der Waals surface area contributed by atoms with Gasteiger partial charge in [-0.05, 0) is 24.3 Å². The fraction of sp³-hybridized carbons (Fsp3) is 0.417. The molecule has 0 heterocycles. The summed E-state index contributed by atoms with van der Waals surface area (Å²) in [5.74, 6) is 0.348. The molecule has 0 aliphatic carbocycles. The van der Waals surface area contributed by atoms with E-state index >= 15 is 0 Å². The van der Waals surface area contributed by atoms with Crippen LogP contribution in [-0.2, 0) is 6.42 Å². The standard InChI is InChI=1S/C12H16O2/c1-10(8-13)2-3-11-4-6-12(9-14)7-5-11/h4-7,9-10,13H,2-3,8H2,1H3. The summed E-state index contributed by atoms with van der Waals surface area (Å²) in [5.41, 5.74) is 1.93. The first-order chi connectivity index (χ1) is 6.76. The molecule has 1 rings (SSSR count). The van der Waals surface area contributed by atoms with Crippen molar-refractivity contribution < 1.29 is 9.90 Å². The lowest BCUT2D eigenvalue weighted by Gasteiger charge is -2.07. The van der Waals surface area contributed by atoms with Crippen LogP contribution < -0.4 is 0 Å². The molecule has 0 bridgehead atoms. The van der Waals surface area contributed by atoms with E-state index in [0.717, 1.165) is 19.1 Å². The van der Waals surface area contributed by atoms with Crippen LogP contribution in [0.2, 0.25) is 0 Å². The van der Waals surface area contributed by atoms with Gasteiger partial charge in [0.25, 0.3) is 0 Å². The van der Waals surface area contributed by atoms with Crippen LogP contribution in [0.3, 0.4) is 0 Å². The van der Waals surface area contributed by atoms with Gasteiger partial charge in [-0.25, -0.2) is 0 Å². The molecule has 0 saturated heterocycles. The van der Waals surface area contributed by atoms with E-state index in [4.69, 9.17) is 5.11 Å². The van der Waals surface area contributed by atoms with Gasteiger partial charge in [0.05, 0.1) is 0 Å². The number of aliphatic hydroxyl groups excluding tert-OH is 1. The summed E-state index contributed by atoms with van der Waals surface area (Å²) in [6, 6.07) is 7.58. The van der Waals surface area contributed by atoms with E-state index in [1.165, 1.54) is 5.56 Å². The Morgan fingerprint density at radius 2 is 2.00 bits per heavy atom. The summed E-state index contributed by atoms with van der Waals surface area (Å²) in [5, 5.41) is 8.85. The third-order valence-electron chi connectivity index (χ3n) is 2.35. The van der Waals surface area contributed by atoms with Gasteiger partial charge in [-0.1, -0.05) is 31.2 Å². The number of aryl methyl sites for hydroxylation is 1. The summed E-state index contributed by atoms with van der Waals surface area (Å²) in [6.07, 6.45) is 2.79. The molecule has 76 valence electrons. The first-order valence-corrected chi connectivity index (χ1v) is 4.91. The Morgan fingerprint density at radius 3 is 2.50 bits per heavy atom. The van der Waals surface area contributed by atoms with Crippen LogP contribution in [0.4, 0.5) is 0 Å². The number of hydrogen-bond donors (Lipinski definition) is 1. The van der Waals surface area contributed by atoms with Crippen molar-refractivity contribution >= 4 is 6.29 Å². The predicted molar refractivity (Wildman–Crippen MR) is 56.4 cm³/mol. The minimum atomic E-state index is 0.242. The molecule has 0 fully saturated rings. The number of carbonyl (C=O) groups excluding carboxylic acids is 1. The van der Waals surface area contributed by atoms with Crippen LogP contribution in [-0.4, -0.2) is 18.0 Å². The molecule has 0 saturated carbocycles. The fourth-order valence-electron chi connectivity index (χ4n) is 1.27. The molecule has 0 aromatic heterocycles. The Balaban J connectivity index is 2.47. The molecule has 1 aromatic carbocycles. The molecular weight excluding hydrogens is 176 g/mol. The second kappa shape index (κ2) is 5.55. The van der Waals surface area contributed by atoms with E-state index in [9.17, 15) is 4.79 Å². The summed E-state index contributed by atoms with van der Waals surface area (Å²) in [7, 11) is 0. The van der Waals surface area contributed by atoms with Gasteiger partial charge in [-0.2, -0.15) is 0 Å². The molecule has 2 heteroatoms. The Kier molecular flexibility index (Phi) is 4.33. The van der Waals surface area contributed by atoms with Crippen LogP contribution in [0.15, 0.2) is 24.3 Å². The Bertz CT molecular complexity index is 277. The molecule has 0 amide bonds. The van der Waals surface area contributed by atoms with E-state index in [0.29, 0.717) is 11.5 Å². The molecule has 0 aliphatic heterocycles. The second-order valence-electron chi connectivity index (χ2n) is 3.69. The zero-order chi connectivity index (χ0) is 10.4. The van der Waals surface area contributed by atoms with Crippen molar-refractivity contribution in [3.63, 3.8) is 0 Å². The normalized spacial score (nSPS) is 12.4. The molecule has 2 nitrogen and oxygen atoms in total. The van der Waals surface area contributed by atoms with Gasteiger partial charge < -0.3 is 5.11 Å². The van der Waals surface area contributed by atoms with Crippen molar-refractivity contribution in [2.45, 2.75) is 19.8 Å². The molecule has 1 N–H and O–H groups in total. The zero-order valence-electron chi connectivity index (χ0n) is 8.44. The Hall–Kier alpha value is -1.15. The van der Waals surface area contributed by atoms with Crippen LogP contribution in [0.5, 0.6) is 0 Å². The zero-order valence-corrected chi connectivity index (χ0v) is 8.44. The van der Waals surface area contributed by atoms with Gasteiger partial charge in [0.15, 0.2) is 0 Å². The van der Waals surface area contributed by atoms with Gasteiger partial charge in [0, 0.05) is 12.2 Å². The molecule has 0 radical (unpaired) electrons. The fourth-order valence-corrected chi connectivity index (χ4v) is 1.27. The molecular formula is C12H16O2. The number of hydrogen-bond acceptors (Lipinski definition) is 2. The van der Waals surface area contributed by atoms with Crippen molar-refractivity contribution in [3.8, 4) is 0 Å². The van der Waals surface area contributed by atoms with Gasteiger partial charge >= 0.3 is 0 Å². The lowest BCUT2D eigenvalue weighted by molar-refractivity contribution is 0.112. The maximum absolute atomic E-state index is 10.4. The minimum absolute atomic E-state index is 0.242. The smallest absolute Gasteiger partial charge is 0.150 e. The molecule has 14 heavy (non-hydrogen) atoms. The molecule has 0 aliphatic rings. The highest BCUT2D eigenvalue weighted by molar-refractivity contribution is 5.74. The van der Waals surface area contributed by atoms with Gasteiger partial charge in [0.1, 0.15) is 6.29 Å². The van der Waals surface area contributed by atoms with Crippen molar-refractivity contribution in [1.29, 1.82) is 0 Å². The van der Waals surface area contributed by atoms with Crippen LogP contribution in [0, 0.1) is 5.92 Å². The Morgan fingerprint density at radius 1 is 1.36 bits per heavy atom. The first-order valence-electron chi connectivity index (χ1n) is 4.91. The van der Waals surface area contributed by atoms with E-state index in [1.54, 1.807) is 0 Å². The summed E-state index contributed by atoms with van der Waals surface area (Å²) in [6.45, 7) is 2.27. The number of benzene rings is 1. The van der Waals surface area contributed by atoms with Crippen molar-refractivity contribution in [2.24, 2.45) is 5.92 Å². The van der Waals surface area contributed by atoms with Crippen molar-refractivity contribution in [2.75, 3.05) is 6.61 Å². The topological polar surface area (TPSA) is 37.3 Å².